The number of likely N-dealkylation sites (tertiary alicyclic amines) is 1. The minimum Gasteiger partial charge on any atom is -0.497 e. The van der Waals surface area contributed by atoms with Gasteiger partial charge in [-0.15, -0.1) is 0 Å². The lowest BCUT2D eigenvalue weighted by atomic mass is 9.73. The second-order valence-corrected chi connectivity index (χ2v) is 10.3. The summed E-state index contributed by atoms with van der Waals surface area (Å²) in [6, 6.07) is 6.01. The van der Waals surface area contributed by atoms with Gasteiger partial charge in [-0.3, -0.25) is 0 Å². The molecule has 0 bridgehead atoms. The molecule has 1 heterocycles. The first-order valence-electron chi connectivity index (χ1n) is 8.99. The first-order valence-corrected chi connectivity index (χ1v) is 10.1. The number of rotatable bonds is 3. The number of benzene rings is 1. The van der Waals surface area contributed by atoms with Crippen molar-refractivity contribution in [2.45, 2.75) is 50.8 Å². The fraction of sp³-hybridized carbons (Fsp3) is 0.632. The fourth-order valence-electron chi connectivity index (χ4n) is 4.02. The molecule has 3 rings (SSSR count). The molecule has 0 aromatic heterocycles. The Kier molecular flexibility index (Phi) is 5.05. The molecule has 1 aliphatic heterocycles. The van der Waals surface area contributed by atoms with Gasteiger partial charge < -0.3 is 14.7 Å². The summed E-state index contributed by atoms with van der Waals surface area (Å²) in [4.78, 5) is 12.8. The normalized spacial score (nSPS) is 22.9. The first kappa shape index (κ1) is 19.2. The molecular formula is C19H28N2O4S. The number of carbonyl (C=O) groups is 1. The molecular weight excluding hydrogens is 352 g/mol. The molecule has 2 N–H and O–H groups in total. The van der Waals surface area contributed by atoms with Crippen molar-refractivity contribution in [3.8, 4) is 5.75 Å². The van der Waals surface area contributed by atoms with Crippen LogP contribution in [0.3, 0.4) is 0 Å². The summed E-state index contributed by atoms with van der Waals surface area (Å²) in [5, 5.41) is 9.27. The third kappa shape index (κ3) is 3.47. The molecule has 1 saturated heterocycles. The number of hydrogen-bond donors (Lipinski definition) is 2. The molecule has 2 aliphatic rings. The largest absolute Gasteiger partial charge is 0.497 e. The van der Waals surface area contributed by atoms with Gasteiger partial charge >= 0.3 is 6.09 Å². The van der Waals surface area contributed by atoms with Crippen LogP contribution in [0.1, 0.15) is 50.8 Å². The summed E-state index contributed by atoms with van der Waals surface area (Å²) in [6.45, 7) is 6.90. The minimum atomic E-state index is -1.21. The van der Waals surface area contributed by atoms with Gasteiger partial charge in [0, 0.05) is 13.1 Å². The van der Waals surface area contributed by atoms with Crippen LogP contribution in [0.15, 0.2) is 18.2 Å². The molecule has 1 aromatic carbocycles. The van der Waals surface area contributed by atoms with Crippen LogP contribution in [0.5, 0.6) is 5.75 Å². The molecule has 0 saturated carbocycles. The monoisotopic (exact) mass is 380 g/mol. The molecule has 6 nitrogen and oxygen atoms in total. The Morgan fingerprint density at radius 1 is 1.35 bits per heavy atom. The summed E-state index contributed by atoms with van der Waals surface area (Å²) in [5.41, 5.74) is 2.25. The van der Waals surface area contributed by atoms with Crippen molar-refractivity contribution in [1.82, 2.24) is 9.62 Å². The van der Waals surface area contributed by atoms with E-state index in [0.29, 0.717) is 13.1 Å². The van der Waals surface area contributed by atoms with Crippen molar-refractivity contribution >= 4 is 17.1 Å². The molecule has 0 radical (unpaired) electrons. The quantitative estimate of drug-likeness (QED) is 0.845. The average Bonchev–Trinajstić information content (AvgIpc) is 2.87. The van der Waals surface area contributed by atoms with Gasteiger partial charge in [-0.05, 0) is 68.7 Å². The van der Waals surface area contributed by atoms with E-state index < -0.39 is 17.1 Å². The van der Waals surface area contributed by atoms with Gasteiger partial charge in [-0.2, -0.15) is 0 Å². The number of ether oxygens (including phenoxy) is 1. The summed E-state index contributed by atoms with van der Waals surface area (Å²) in [7, 11) is 0.437. The molecule has 26 heavy (non-hydrogen) atoms. The highest BCUT2D eigenvalue weighted by molar-refractivity contribution is 7.84. The Morgan fingerprint density at radius 2 is 2.00 bits per heavy atom. The van der Waals surface area contributed by atoms with Crippen LogP contribution in [-0.4, -0.2) is 45.3 Å². The summed E-state index contributed by atoms with van der Waals surface area (Å²) < 4.78 is 21.3. The number of amides is 1. The van der Waals surface area contributed by atoms with Crippen molar-refractivity contribution in [3.05, 3.63) is 29.3 Å². The molecule has 1 fully saturated rings. The Balaban J connectivity index is 1.94. The predicted octanol–water partition coefficient (Wildman–Crippen LogP) is 3.10. The molecule has 144 valence electrons. The second kappa shape index (κ2) is 6.85. The number of hydrogen-bond acceptors (Lipinski definition) is 3. The van der Waals surface area contributed by atoms with E-state index in [4.69, 9.17) is 4.74 Å². The van der Waals surface area contributed by atoms with Gasteiger partial charge in [-0.25, -0.2) is 13.7 Å². The number of fused-ring (bicyclic) bond motifs is 1. The number of nitrogens with zero attached hydrogens (tertiary/aromatic N) is 1. The number of piperidine rings is 1. The molecule has 7 heteroatoms. The van der Waals surface area contributed by atoms with E-state index in [1.54, 1.807) is 7.11 Å². The Labute approximate surface area is 157 Å². The van der Waals surface area contributed by atoms with E-state index in [2.05, 4.69) is 10.8 Å². The van der Waals surface area contributed by atoms with Gasteiger partial charge in [0.1, 0.15) is 5.75 Å². The van der Waals surface area contributed by atoms with Crippen LogP contribution in [0.4, 0.5) is 4.79 Å². The summed E-state index contributed by atoms with van der Waals surface area (Å²) >= 11 is 0. The molecule has 1 aromatic rings. The maximum atomic E-state index is 12.8. The van der Waals surface area contributed by atoms with Crippen LogP contribution in [0, 0.1) is 5.41 Å². The third-order valence-electron chi connectivity index (χ3n) is 5.63. The zero-order valence-electron chi connectivity index (χ0n) is 15.9. The summed E-state index contributed by atoms with van der Waals surface area (Å²) in [6.07, 6.45) is 1.53. The molecule has 2 atom stereocenters. The Hall–Kier alpha value is -1.60. The molecule has 1 aliphatic carbocycles. The van der Waals surface area contributed by atoms with Crippen LogP contribution in [0.25, 0.3) is 0 Å². The average molecular weight is 381 g/mol. The highest BCUT2D eigenvalue weighted by atomic mass is 32.2. The minimum absolute atomic E-state index is 0.0661. The Bertz CT molecular complexity index is 721. The van der Waals surface area contributed by atoms with Crippen molar-refractivity contribution in [2.24, 2.45) is 5.41 Å². The third-order valence-corrected chi connectivity index (χ3v) is 7.19. The molecule has 1 unspecified atom stereocenters. The van der Waals surface area contributed by atoms with Gasteiger partial charge in [0.15, 0.2) is 0 Å². The Morgan fingerprint density at radius 3 is 2.54 bits per heavy atom. The molecule has 1 amide bonds. The van der Waals surface area contributed by atoms with Gasteiger partial charge in [0.25, 0.3) is 0 Å². The van der Waals surface area contributed by atoms with Crippen molar-refractivity contribution in [1.29, 1.82) is 0 Å². The van der Waals surface area contributed by atoms with Crippen molar-refractivity contribution < 1.29 is 18.8 Å². The van der Waals surface area contributed by atoms with Crippen LogP contribution < -0.4 is 9.46 Å². The van der Waals surface area contributed by atoms with Crippen molar-refractivity contribution in [3.63, 3.8) is 0 Å². The number of nitrogens with one attached hydrogen (secondary N) is 1. The van der Waals surface area contributed by atoms with Gasteiger partial charge in [-0.1, -0.05) is 6.07 Å². The smallest absolute Gasteiger partial charge is 0.407 e. The highest BCUT2D eigenvalue weighted by Crippen LogP contribution is 2.53. The van der Waals surface area contributed by atoms with Crippen LogP contribution in [0.2, 0.25) is 0 Å². The van der Waals surface area contributed by atoms with E-state index >= 15 is 0 Å². The maximum absolute atomic E-state index is 12.8. The van der Waals surface area contributed by atoms with Gasteiger partial charge in [0.05, 0.1) is 28.9 Å². The van der Waals surface area contributed by atoms with Crippen molar-refractivity contribution in [2.75, 3.05) is 20.2 Å². The first-order chi connectivity index (χ1) is 12.2. The van der Waals surface area contributed by atoms with E-state index in [0.717, 1.165) is 30.6 Å². The topological polar surface area (TPSA) is 78.9 Å². The lowest BCUT2D eigenvalue weighted by Gasteiger charge is -2.43. The van der Waals surface area contributed by atoms with E-state index in [-0.39, 0.29) is 16.2 Å². The lowest BCUT2D eigenvalue weighted by Crippen LogP contribution is -2.48. The fourth-order valence-corrected chi connectivity index (χ4v) is 4.97. The maximum Gasteiger partial charge on any atom is 0.407 e. The van der Waals surface area contributed by atoms with E-state index in [1.165, 1.54) is 10.5 Å². The van der Waals surface area contributed by atoms with E-state index in [1.807, 2.05) is 32.9 Å². The van der Waals surface area contributed by atoms with Crippen LogP contribution >= 0.6 is 0 Å². The molecule has 1 spiro atoms. The van der Waals surface area contributed by atoms with Gasteiger partial charge in [0.2, 0.25) is 0 Å². The predicted molar refractivity (Wildman–Crippen MR) is 102 cm³/mol. The van der Waals surface area contributed by atoms with E-state index in [9.17, 15) is 14.1 Å². The lowest BCUT2D eigenvalue weighted by molar-refractivity contribution is 0.0768. The summed E-state index contributed by atoms with van der Waals surface area (Å²) in [5.74, 6) is 0.789. The zero-order chi connectivity index (χ0) is 19.1. The standard InChI is InChI=1S/C19H28N2O4S/c1-18(2,3)26(24)20-16-15-11-14(25-4)6-5-13(15)12-19(16)7-9-21(10-8-19)17(22)23/h5-6,11,16,20H,7-10,12H2,1-4H3,(H,22,23)/t16-,26?/m1/s1. The second-order valence-electron chi connectivity index (χ2n) is 8.31. The number of methoxy groups -OCH3 is 1. The SMILES string of the molecule is COc1ccc2c(c1)[C@@H](NS(=O)C(C)(C)C)C1(CCN(C(=O)O)CC1)C2. The number of carboxylic acid groups (broad SMARTS) is 1. The highest BCUT2D eigenvalue weighted by Gasteiger charge is 2.49. The van der Waals surface area contributed by atoms with Crippen LogP contribution in [-0.2, 0) is 17.4 Å². The zero-order valence-corrected chi connectivity index (χ0v) is 16.7.